The topological polar surface area (TPSA) is 82.7 Å². The molecule has 2 saturated heterocycles. The average Bonchev–Trinajstić information content (AvgIpc) is 3.53. The van der Waals surface area contributed by atoms with Gasteiger partial charge in [-0.2, -0.15) is 15.5 Å². The van der Waals surface area contributed by atoms with E-state index >= 15 is 0 Å². The number of nitrogens with zero attached hydrogens (tertiary/aromatic N) is 7. The fourth-order valence-electron chi connectivity index (χ4n) is 5.85. The molecule has 234 valence electrons. The Morgan fingerprint density at radius 1 is 1.00 bits per heavy atom. The third kappa shape index (κ3) is 9.71. The molecule has 2 aromatic rings. The van der Waals surface area contributed by atoms with Crippen molar-refractivity contribution in [1.82, 2.24) is 19.7 Å². The molecular weight excluding hydrogens is 534 g/mol. The number of piperazine rings is 1. The van der Waals surface area contributed by atoms with Gasteiger partial charge in [-0.15, -0.1) is 0 Å². The van der Waals surface area contributed by atoms with Gasteiger partial charge in [-0.25, -0.2) is 0 Å². The molecule has 0 spiro atoms. The van der Waals surface area contributed by atoms with Crippen molar-refractivity contribution < 1.29 is 4.74 Å². The summed E-state index contributed by atoms with van der Waals surface area (Å²) in [5, 5.41) is 19.3. The molecule has 0 radical (unpaired) electrons. The SMILES string of the molecule is C=C(C)N1CCN(c2nc(OC)c(C#N)c3c2CCN(Cc2ccccc2)C3)CC1CC#N.CC.CC.CN1CCCC1. The van der Waals surface area contributed by atoms with Gasteiger partial charge < -0.3 is 19.4 Å². The minimum absolute atomic E-state index is 0.0681. The van der Waals surface area contributed by atoms with Crippen molar-refractivity contribution in [2.45, 2.75) is 79.4 Å². The molecule has 3 aliphatic rings. The first-order valence-electron chi connectivity index (χ1n) is 15.9. The molecule has 0 amide bonds. The molecule has 3 aliphatic heterocycles. The predicted molar refractivity (Wildman–Crippen MR) is 177 cm³/mol. The van der Waals surface area contributed by atoms with Crippen LogP contribution in [0.15, 0.2) is 42.6 Å². The number of hydrogen-bond donors (Lipinski definition) is 0. The summed E-state index contributed by atoms with van der Waals surface area (Å²) < 4.78 is 5.57. The Balaban J connectivity index is 0.000000559. The van der Waals surface area contributed by atoms with Crippen molar-refractivity contribution >= 4 is 5.82 Å². The highest BCUT2D eigenvalue weighted by Crippen LogP contribution is 2.36. The largest absolute Gasteiger partial charge is 0.480 e. The molecule has 0 aliphatic carbocycles. The van der Waals surface area contributed by atoms with Gasteiger partial charge in [-0.05, 0) is 57.5 Å². The summed E-state index contributed by atoms with van der Waals surface area (Å²) in [5.41, 5.74) is 4.93. The van der Waals surface area contributed by atoms with E-state index in [2.05, 4.69) is 69.6 Å². The molecule has 5 rings (SSSR count). The van der Waals surface area contributed by atoms with Crippen LogP contribution in [0.3, 0.4) is 0 Å². The Hall–Kier alpha value is -3.59. The van der Waals surface area contributed by atoms with Crippen molar-refractivity contribution in [2.75, 3.05) is 58.3 Å². The Kier molecular flexibility index (Phi) is 15.6. The zero-order valence-corrected chi connectivity index (χ0v) is 27.7. The molecule has 1 aromatic heterocycles. The lowest BCUT2D eigenvalue weighted by Gasteiger charge is -2.44. The minimum atomic E-state index is 0.0681. The zero-order chi connectivity index (χ0) is 31.8. The van der Waals surface area contributed by atoms with E-state index in [1.165, 1.54) is 31.5 Å². The van der Waals surface area contributed by atoms with Crippen molar-refractivity contribution in [1.29, 1.82) is 10.5 Å². The normalized spacial score (nSPS) is 17.8. The minimum Gasteiger partial charge on any atom is -0.480 e. The van der Waals surface area contributed by atoms with E-state index < -0.39 is 0 Å². The molecule has 0 bridgehead atoms. The lowest BCUT2D eigenvalue weighted by atomic mass is 9.95. The number of ether oxygens (including phenoxy) is 1. The van der Waals surface area contributed by atoms with Crippen molar-refractivity contribution in [2.24, 2.45) is 0 Å². The van der Waals surface area contributed by atoms with Crippen LogP contribution in [0.4, 0.5) is 5.82 Å². The van der Waals surface area contributed by atoms with Crippen LogP contribution in [0.25, 0.3) is 0 Å². The molecule has 8 nitrogen and oxygen atoms in total. The van der Waals surface area contributed by atoms with Crippen LogP contribution in [0.2, 0.25) is 0 Å². The highest BCUT2D eigenvalue weighted by atomic mass is 16.5. The first-order valence-corrected chi connectivity index (χ1v) is 15.9. The van der Waals surface area contributed by atoms with Gasteiger partial charge in [0.2, 0.25) is 5.88 Å². The Morgan fingerprint density at radius 3 is 2.21 bits per heavy atom. The van der Waals surface area contributed by atoms with Crippen molar-refractivity contribution in [3.63, 3.8) is 0 Å². The third-order valence-corrected chi connectivity index (χ3v) is 7.90. The molecule has 2 fully saturated rings. The summed E-state index contributed by atoms with van der Waals surface area (Å²) >= 11 is 0. The predicted octanol–water partition coefficient (Wildman–Crippen LogP) is 6.22. The van der Waals surface area contributed by atoms with Gasteiger partial charge in [0.1, 0.15) is 17.5 Å². The maximum atomic E-state index is 9.94. The summed E-state index contributed by atoms with van der Waals surface area (Å²) in [6, 6.07) is 15.1. The van der Waals surface area contributed by atoms with Crippen LogP contribution in [0.1, 0.15) is 76.1 Å². The maximum Gasteiger partial charge on any atom is 0.233 e. The molecule has 8 heteroatoms. The van der Waals surface area contributed by atoms with Crippen LogP contribution in [-0.2, 0) is 19.5 Å². The fraction of sp³-hybridized carbons (Fsp3) is 0.571. The molecule has 0 saturated carbocycles. The fourth-order valence-corrected chi connectivity index (χ4v) is 5.85. The van der Waals surface area contributed by atoms with Gasteiger partial charge in [-0.3, -0.25) is 4.90 Å². The van der Waals surface area contributed by atoms with E-state index in [0.29, 0.717) is 31.0 Å². The van der Waals surface area contributed by atoms with Crippen LogP contribution in [0, 0.1) is 22.7 Å². The highest BCUT2D eigenvalue weighted by molar-refractivity contribution is 5.61. The molecule has 4 heterocycles. The van der Waals surface area contributed by atoms with E-state index in [0.717, 1.165) is 55.2 Å². The van der Waals surface area contributed by atoms with Gasteiger partial charge in [0.25, 0.3) is 0 Å². The number of aromatic nitrogens is 1. The number of anilines is 1. The number of benzene rings is 1. The zero-order valence-electron chi connectivity index (χ0n) is 27.7. The van der Waals surface area contributed by atoms with E-state index in [-0.39, 0.29) is 6.04 Å². The second kappa shape index (κ2) is 18.8. The van der Waals surface area contributed by atoms with Gasteiger partial charge in [0, 0.05) is 50.5 Å². The molecule has 1 aromatic carbocycles. The molecular formula is C35H53N7O. The van der Waals surface area contributed by atoms with E-state index in [9.17, 15) is 10.5 Å². The summed E-state index contributed by atoms with van der Waals surface area (Å²) in [4.78, 5) is 14.0. The number of methoxy groups -OCH3 is 1. The Bertz CT molecular complexity index is 1210. The number of rotatable bonds is 6. The summed E-state index contributed by atoms with van der Waals surface area (Å²) in [7, 11) is 3.74. The number of allylic oxidation sites excluding steroid dienone is 1. The molecule has 1 atom stereocenters. The second-order valence-corrected chi connectivity index (χ2v) is 10.7. The first-order chi connectivity index (χ1) is 20.9. The standard InChI is InChI=1S/C26H30N6O.C5H11N.2C2H6/c1-19(2)32-14-13-31(17-21(32)9-11-27)25-22-10-12-30(16-20-7-5-4-6-8-20)18-24(22)23(15-28)26(29-25)33-3;1-6-4-2-3-5-6;2*1-2/h4-8,21H,1,9-10,12-14,16-18H2,2-3H3;2-5H2,1H3;2*1-2H3. The maximum absolute atomic E-state index is 9.94. The van der Waals surface area contributed by atoms with Gasteiger partial charge >= 0.3 is 0 Å². The molecule has 43 heavy (non-hydrogen) atoms. The summed E-state index contributed by atoms with van der Waals surface area (Å²) in [6.07, 6.45) is 4.09. The average molecular weight is 588 g/mol. The summed E-state index contributed by atoms with van der Waals surface area (Å²) in [6.45, 7) is 21.4. The smallest absolute Gasteiger partial charge is 0.233 e. The van der Waals surface area contributed by atoms with Gasteiger partial charge in [-0.1, -0.05) is 64.6 Å². The number of nitriles is 2. The van der Waals surface area contributed by atoms with Crippen LogP contribution < -0.4 is 9.64 Å². The van der Waals surface area contributed by atoms with E-state index in [1.807, 2.05) is 40.7 Å². The van der Waals surface area contributed by atoms with Crippen LogP contribution >= 0.6 is 0 Å². The highest BCUT2D eigenvalue weighted by Gasteiger charge is 2.32. The lowest BCUT2D eigenvalue weighted by Crippen LogP contribution is -2.52. The monoisotopic (exact) mass is 587 g/mol. The van der Waals surface area contributed by atoms with Crippen LogP contribution in [0.5, 0.6) is 5.88 Å². The third-order valence-electron chi connectivity index (χ3n) is 7.90. The number of hydrogen-bond acceptors (Lipinski definition) is 8. The molecule has 1 unspecified atom stereocenters. The first kappa shape index (κ1) is 35.6. The van der Waals surface area contributed by atoms with Gasteiger partial charge in [0.05, 0.1) is 25.6 Å². The van der Waals surface area contributed by atoms with Crippen LogP contribution in [-0.4, -0.2) is 79.2 Å². The van der Waals surface area contributed by atoms with E-state index in [1.54, 1.807) is 7.11 Å². The second-order valence-electron chi connectivity index (χ2n) is 10.7. The van der Waals surface area contributed by atoms with Crippen molar-refractivity contribution in [3.8, 4) is 18.0 Å². The number of likely N-dealkylation sites (tertiary alicyclic amines) is 1. The summed E-state index contributed by atoms with van der Waals surface area (Å²) in [5.74, 6) is 1.27. The van der Waals surface area contributed by atoms with Crippen molar-refractivity contribution in [3.05, 3.63) is 64.9 Å². The Morgan fingerprint density at radius 2 is 1.67 bits per heavy atom. The molecule has 0 N–H and O–H groups in total. The number of pyridine rings is 1. The van der Waals surface area contributed by atoms with Gasteiger partial charge in [0.15, 0.2) is 0 Å². The lowest BCUT2D eigenvalue weighted by molar-refractivity contribution is 0.228. The quantitative estimate of drug-likeness (QED) is 0.394. The van der Waals surface area contributed by atoms with E-state index in [4.69, 9.17) is 9.72 Å². The number of fused-ring (bicyclic) bond motifs is 1. The Labute approximate surface area is 261 Å².